The van der Waals surface area contributed by atoms with E-state index in [1.807, 2.05) is 13.8 Å². The van der Waals surface area contributed by atoms with Gasteiger partial charge in [0.25, 0.3) is 0 Å². The molecule has 1 aliphatic carbocycles. The highest BCUT2D eigenvalue weighted by Crippen LogP contribution is 2.32. The van der Waals surface area contributed by atoms with Gasteiger partial charge in [0.1, 0.15) is 0 Å². The lowest BCUT2D eigenvalue weighted by atomic mass is 9.79. The van der Waals surface area contributed by atoms with E-state index in [0.29, 0.717) is 0 Å². The lowest BCUT2D eigenvalue weighted by Crippen LogP contribution is -2.13. The van der Waals surface area contributed by atoms with Crippen LogP contribution in [0, 0.1) is 11.8 Å². The summed E-state index contributed by atoms with van der Waals surface area (Å²) in [5.74, 6) is 2.14. The van der Waals surface area contributed by atoms with Crippen LogP contribution in [0.2, 0.25) is 0 Å². The Balaban J connectivity index is 0.000000561. The van der Waals surface area contributed by atoms with Crippen LogP contribution in [-0.2, 0) is 0 Å². The number of hydrogen-bond donors (Lipinski definition) is 0. The van der Waals surface area contributed by atoms with Crippen LogP contribution >= 0.6 is 0 Å². The Kier molecular flexibility index (Phi) is 7.64. The number of rotatable bonds is 2. The fraction of sp³-hybridized carbons (Fsp3) is 1.00. The first-order chi connectivity index (χ1) is 5.86. The average Bonchev–Trinajstić information content (AvgIpc) is 2.21. The van der Waals surface area contributed by atoms with Crippen LogP contribution in [0.25, 0.3) is 0 Å². The quantitative estimate of drug-likeness (QED) is 0.566. The Bertz CT molecular complexity index is 76.0. The van der Waals surface area contributed by atoms with Crippen molar-refractivity contribution in [1.29, 1.82) is 0 Å². The molecule has 0 aromatic rings. The van der Waals surface area contributed by atoms with Crippen LogP contribution in [0.1, 0.15) is 66.2 Å². The van der Waals surface area contributed by atoms with Crippen molar-refractivity contribution >= 4 is 0 Å². The van der Waals surface area contributed by atoms with Gasteiger partial charge in [-0.15, -0.1) is 0 Å². The SMILES string of the molecule is CC.CC[C@@H]1CCC[C@H](CC)C1. The van der Waals surface area contributed by atoms with Gasteiger partial charge in [-0.1, -0.05) is 59.8 Å². The van der Waals surface area contributed by atoms with E-state index in [9.17, 15) is 0 Å². The van der Waals surface area contributed by atoms with Crippen molar-refractivity contribution in [3.8, 4) is 0 Å². The third-order valence-electron chi connectivity index (χ3n) is 3.05. The van der Waals surface area contributed by atoms with Crippen molar-refractivity contribution in [1.82, 2.24) is 0 Å². The van der Waals surface area contributed by atoms with Crippen molar-refractivity contribution in [2.24, 2.45) is 11.8 Å². The monoisotopic (exact) mass is 170 g/mol. The van der Waals surface area contributed by atoms with Crippen molar-refractivity contribution in [3.05, 3.63) is 0 Å². The summed E-state index contributed by atoms with van der Waals surface area (Å²) in [6.45, 7) is 8.67. The molecule has 1 fully saturated rings. The molecule has 74 valence electrons. The lowest BCUT2D eigenvalue weighted by molar-refractivity contribution is 0.255. The van der Waals surface area contributed by atoms with E-state index in [-0.39, 0.29) is 0 Å². The van der Waals surface area contributed by atoms with Gasteiger partial charge in [-0.05, 0) is 18.3 Å². The van der Waals surface area contributed by atoms with Gasteiger partial charge in [0.15, 0.2) is 0 Å². The molecule has 0 unspecified atom stereocenters. The smallest absolute Gasteiger partial charge is 0.0414 e. The van der Waals surface area contributed by atoms with Gasteiger partial charge in [0.05, 0.1) is 0 Å². The molecule has 0 aromatic carbocycles. The zero-order chi connectivity index (χ0) is 9.40. The van der Waals surface area contributed by atoms with Crippen LogP contribution in [-0.4, -0.2) is 0 Å². The summed E-state index contributed by atoms with van der Waals surface area (Å²) in [5, 5.41) is 0. The highest BCUT2D eigenvalue weighted by molar-refractivity contribution is 4.70. The van der Waals surface area contributed by atoms with Gasteiger partial charge >= 0.3 is 0 Å². The first-order valence-electron chi connectivity index (χ1n) is 5.86. The molecule has 0 bridgehead atoms. The molecule has 2 atom stereocenters. The van der Waals surface area contributed by atoms with Crippen LogP contribution in [0.3, 0.4) is 0 Å². The third-order valence-corrected chi connectivity index (χ3v) is 3.05. The maximum absolute atomic E-state index is 2.34. The minimum atomic E-state index is 1.07. The average molecular weight is 170 g/mol. The van der Waals surface area contributed by atoms with Gasteiger partial charge in [-0.3, -0.25) is 0 Å². The molecule has 0 aliphatic heterocycles. The summed E-state index contributed by atoms with van der Waals surface area (Å²) < 4.78 is 0. The number of hydrogen-bond acceptors (Lipinski definition) is 0. The Labute approximate surface area is 78.8 Å². The van der Waals surface area contributed by atoms with Crippen molar-refractivity contribution in [2.75, 3.05) is 0 Å². The highest BCUT2D eigenvalue weighted by Gasteiger charge is 2.18. The molecule has 0 aromatic heterocycles. The van der Waals surface area contributed by atoms with Gasteiger partial charge < -0.3 is 0 Å². The highest BCUT2D eigenvalue weighted by atomic mass is 14.2. The third kappa shape index (κ3) is 4.13. The summed E-state index contributed by atoms with van der Waals surface area (Å²) in [5.41, 5.74) is 0. The fourth-order valence-corrected chi connectivity index (χ4v) is 2.14. The van der Waals surface area contributed by atoms with Crippen LogP contribution in [0.5, 0.6) is 0 Å². The first-order valence-corrected chi connectivity index (χ1v) is 5.86. The molecule has 1 aliphatic rings. The fourth-order valence-electron chi connectivity index (χ4n) is 2.14. The Hall–Kier alpha value is 0. The molecular weight excluding hydrogens is 144 g/mol. The molecule has 0 radical (unpaired) electrons. The second-order valence-corrected chi connectivity index (χ2v) is 3.72. The maximum atomic E-state index is 2.34. The van der Waals surface area contributed by atoms with E-state index in [1.54, 1.807) is 0 Å². The normalized spacial score (nSPS) is 29.0. The largest absolute Gasteiger partial charge is 0.0683 e. The summed E-state index contributed by atoms with van der Waals surface area (Å²) in [4.78, 5) is 0. The molecule has 0 amide bonds. The predicted molar refractivity (Wildman–Crippen MR) is 57.4 cm³/mol. The van der Waals surface area contributed by atoms with E-state index >= 15 is 0 Å². The minimum Gasteiger partial charge on any atom is -0.0683 e. The summed E-state index contributed by atoms with van der Waals surface area (Å²) in [6, 6.07) is 0. The topological polar surface area (TPSA) is 0 Å². The van der Waals surface area contributed by atoms with E-state index < -0.39 is 0 Å². The van der Waals surface area contributed by atoms with E-state index in [2.05, 4.69) is 13.8 Å². The lowest BCUT2D eigenvalue weighted by Gasteiger charge is -2.27. The summed E-state index contributed by atoms with van der Waals surface area (Å²) in [7, 11) is 0. The molecule has 0 N–H and O–H groups in total. The summed E-state index contributed by atoms with van der Waals surface area (Å²) in [6.07, 6.45) is 8.86. The molecule has 0 spiro atoms. The molecule has 0 heteroatoms. The molecule has 1 saturated carbocycles. The van der Waals surface area contributed by atoms with Gasteiger partial charge in [-0.25, -0.2) is 0 Å². The van der Waals surface area contributed by atoms with E-state index in [1.165, 1.54) is 38.5 Å². The zero-order valence-corrected chi connectivity index (χ0v) is 9.40. The maximum Gasteiger partial charge on any atom is -0.0414 e. The van der Waals surface area contributed by atoms with Crippen LogP contribution in [0.15, 0.2) is 0 Å². The Morgan fingerprint density at radius 1 is 0.917 bits per heavy atom. The predicted octanol–water partition coefficient (Wildman–Crippen LogP) is 4.64. The van der Waals surface area contributed by atoms with Crippen LogP contribution in [0.4, 0.5) is 0 Å². The van der Waals surface area contributed by atoms with E-state index in [0.717, 1.165) is 11.8 Å². The van der Waals surface area contributed by atoms with Gasteiger partial charge in [0.2, 0.25) is 0 Å². The van der Waals surface area contributed by atoms with Crippen LogP contribution < -0.4 is 0 Å². The second kappa shape index (κ2) is 7.64. The molecular formula is C12H26. The minimum absolute atomic E-state index is 1.07. The summed E-state index contributed by atoms with van der Waals surface area (Å²) >= 11 is 0. The Morgan fingerprint density at radius 3 is 1.67 bits per heavy atom. The molecule has 1 rings (SSSR count). The van der Waals surface area contributed by atoms with Crippen molar-refractivity contribution < 1.29 is 0 Å². The van der Waals surface area contributed by atoms with Gasteiger partial charge in [0, 0.05) is 0 Å². The molecule has 0 heterocycles. The second-order valence-electron chi connectivity index (χ2n) is 3.72. The molecule has 12 heavy (non-hydrogen) atoms. The first kappa shape index (κ1) is 12.0. The molecule has 0 saturated heterocycles. The van der Waals surface area contributed by atoms with Crippen molar-refractivity contribution in [3.63, 3.8) is 0 Å². The molecule has 0 nitrogen and oxygen atoms in total. The van der Waals surface area contributed by atoms with Gasteiger partial charge in [-0.2, -0.15) is 0 Å². The standard InChI is InChI=1S/C10H20.C2H6/c1-3-9-6-5-7-10(4-2)8-9;1-2/h9-10H,3-8H2,1-2H3;1-2H3/t9-,10+;. The van der Waals surface area contributed by atoms with E-state index in [4.69, 9.17) is 0 Å². The Morgan fingerprint density at radius 2 is 1.33 bits per heavy atom. The zero-order valence-electron chi connectivity index (χ0n) is 9.40. The van der Waals surface area contributed by atoms with Crippen molar-refractivity contribution in [2.45, 2.75) is 66.2 Å².